The minimum absolute atomic E-state index is 0.358. The van der Waals surface area contributed by atoms with Crippen LogP contribution in [0.15, 0.2) is 0 Å². The summed E-state index contributed by atoms with van der Waals surface area (Å²) in [6.07, 6.45) is 0. The van der Waals surface area contributed by atoms with Crippen LogP contribution in [0.3, 0.4) is 0 Å². The molecule has 0 aliphatic rings. The summed E-state index contributed by atoms with van der Waals surface area (Å²) in [5.41, 5.74) is 0. The fourth-order valence-electron chi connectivity index (χ4n) is 0.400. The highest BCUT2D eigenvalue weighted by atomic mass is 28.2. The molecule has 0 bridgehead atoms. The number of hydrogen-bond acceptors (Lipinski definition) is 1. The van der Waals surface area contributed by atoms with Crippen molar-refractivity contribution < 1.29 is 8.78 Å². The molecule has 0 atom stereocenters. The topological polar surface area (TPSA) is 3.24 Å². The number of nitrogens with zero attached hydrogens (tertiary/aromatic N) is 1. The van der Waals surface area contributed by atoms with Gasteiger partial charge in [0.2, 0.25) is 0 Å². The molecule has 0 radical (unpaired) electrons. The van der Waals surface area contributed by atoms with E-state index in [1.165, 1.54) is 0 Å². The minimum atomic E-state index is -0.358. The summed E-state index contributed by atoms with van der Waals surface area (Å²) in [4.78, 5) is 0. The average molecular weight is 139 g/mol. The van der Waals surface area contributed by atoms with Crippen molar-refractivity contribution >= 4 is 10.4 Å². The van der Waals surface area contributed by atoms with Crippen molar-refractivity contribution in [1.82, 2.24) is 4.57 Å². The molecule has 0 aromatic carbocycles. The molecule has 0 aliphatic heterocycles. The largest absolute Gasteiger partial charge is 0.327 e. The van der Waals surface area contributed by atoms with E-state index >= 15 is 0 Å². The molecule has 0 heterocycles. The highest BCUT2D eigenvalue weighted by molar-refractivity contribution is 6.04. The zero-order valence-corrected chi connectivity index (χ0v) is 7.03. The van der Waals surface area contributed by atoms with E-state index in [4.69, 9.17) is 0 Å². The molecule has 0 aliphatic carbocycles. The Morgan fingerprint density at radius 2 is 1.50 bits per heavy atom. The number of alkyl halides is 2. The second kappa shape index (κ2) is 5.18. The highest BCUT2D eigenvalue weighted by Gasteiger charge is 1.93. The summed E-state index contributed by atoms with van der Waals surface area (Å²) in [5, 5.41) is 0. The Kier molecular flexibility index (Phi) is 5.20. The van der Waals surface area contributed by atoms with Crippen molar-refractivity contribution in [2.45, 2.75) is 0 Å². The van der Waals surface area contributed by atoms with E-state index < -0.39 is 0 Å². The van der Waals surface area contributed by atoms with Gasteiger partial charge in [0.05, 0.1) is 10.4 Å². The molecule has 0 aromatic heterocycles. The first-order valence-corrected chi connectivity index (χ1v) is 3.51. The van der Waals surface area contributed by atoms with Crippen molar-refractivity contribution in [3.05, 3.63) is 0 Å². The van der Waals surface area contributed by atoms with Gasteiger partial charge in [-0.05, 0) is 0 Å². The Balaban J connectivity index is 2.92. The lowest BCUT2D eigenvalue weighted by Crippen LogP contribution is -2.24. The van der Waals surface area contributed by atoms with Crippen LogP contribution in [0.5, 0.6) is 0 Å². The Morgan fingerprint density at radius 3 is 1.75 bits per heavy atom. The predicted molar refractivity (Wildman–Crippen MR) is 33.5 cm³/mol. The van der Waals surface area contributed by atoms with Crippen LogP contribution in [-0.2, 0) is 0 Å². The fourth-order valence-corrected chi connectivity index (χ4v) is 0.738. The predicted octanol–water partition coefficient (Wildman–Crippen LogP) is -0.492. The van der Waals surface area contributed by atoms with Crippen LogP contribution in [-0.4, -0.2) is 41.4 Å². The lowest BCUT2D eigenvalue weighted by Gasteiger charge is -2.10. The van der Waals surface area contributed by atoms with E-state index in [2.05, 4.69) is 0 Å². The molecule has 0 fully saturated rings. The normalized spacial score (nSPS) is 10.9. The van der Waals surface area contributed by atoms with Gasteiger partial charge in [0, 0.05) is 13.1 Å². The summed E-state index contributed by atoms with van der Waals surface area (Å²) < 4.78 is 24.6. The molecule has 0 aromatic rings. The summed E-state index contributed by atoms with van der Waals surface area (Å²) in [7, 11) is 0.762. The Bertz CT molecular complexity index is 47.3. The molecule has 0 N–H and O–H groups in total. The molecule has 1 nitrogen and oxygen atoms in total. The summed E-state index contributed by atoms with van der Waals surface area (Å²) >= 11 is 0. The van der Waals surface area contributed by atoms with E-state index in [1.54, 1.807) is 4.57 Å². The van der Waals surface area contributed by atoms with Crippen molar-refractivity contribution in [2.24, 2.45) is 0 Å². The van der Waals surface area contributed by atoms with Gasteiger partial charge < -0.3 is 4.57 Å². The zero-order valence-electron chi connectivity index (χ0n) is 5.03. The second-order valence-electron chi connectivity index (χ2n) is 1.68. The molecule has 0 saturated carbocycles. The SMILES string of the molecule is FCCN([SiH3])CCF. The standard InChI is InChI=1S/C4H11F2NSi/c5-1-3-7(8)4-2-6/h1-4H2,8H3. The van der Waals surface area contributed by atoms with Crippen LogP contribution in [0.4, 0.5) is 8.78 Å². The van der Waals surface area contributed by atoms with Gasteiger partial charge in [-0.3, -0.25) is 0 Å². The lowest BCUT2D eigenvalue weighted by molar-refractivity contribution is 0.339. The molecule has 8 heavy (non-hydrogen) atoms. The monoisotopic (exact) mass is 139 g/mol. The zero-order chi connectivity index (χ0) is 6.41. The first-order valence-electron chi connectivity index (χ1n) is 2.61. The smallest absolute Gasteiger partial charge is 0.101 e. The van der Waals surface area contributed by atoms with Crippen LogP contribution in [0, 0.1) is 0 Å². The second-order valence-corrected chi connectivity index (χ2v) is 2.95. The lowest BCUT2D eigenvalue weighted by atomic mass is 10.6. The Morgan fingerprint density at radius 1 is 1.12 bits per heavy atom. The fraction of sp³-hybridized carbons (Fsp3) is 1.00. The van der Waals surface area contributed by atoms with Gasteiger partial charge in [0.25, 0.3) is 0 Å². The van der Waals surface area contributed by atoms with Gasteiger partial charge in [-0.1, -0.05) is 0 Å². The van der Waals surface area contributed by atoms with Crippen molar-refractivity contribution in [3.8, 4) is 0 Å². The maximum absolute atomic E-state index is 11.4. The van der Waals surface area contributed by atoms with E-state index in [-0.39, 0.29) is 13.3 Å². The minimum Gasteiger partial charge on any atom is -0.327 e. The first kappa shape index (κ1) is 8.04. The third kappa shape index (κ3) is 4.20. The molecular formula is C4H11F2NSi. The third-order valence-electron chi connectivity index (χ3n) is 0.932. The molecule has 0 spiro atoms. The molecule has 0 amide bonds. The number of hydrogen-bond donors (Lipinski definition) is 0. The third-order valence-corrected chi connectivity index (χ3v) is 1.83. The van der Waals surface area contributed by atoms with Crippen molar-refractivity contribution in [3.63, 3.8) is 0 Å². The molecule has 0 rings (SSSR count). The van der Waals surface area contributed by atoms with Crippen LogP contribution < -0.4 is 0 Å². The maximum atomic E-state index is 11.4. The number of rotatable bonds is 4. The average Bonchev–Trinajstić information content (AvgIpc) is 1.68. The van der Waals surface area contributed by atoms with Gasteiger partial charge >= 0.3 is 0 Å². The summed E-state index contributed by atoms with van der Waals surface area (Å²) in [5.74, 6) is 0. The van der Waals surface area contributed by atoms with Gasteiger partial charge in [0.1, 0.15) is 13.3 Å². The summed E-state index contributed by atoms with van der Waals surface area (Å²) in [6, 6.07) is 0. The molecule has 0 unspecified atom stereocenters. The van der Waals surface area contributed by atoms with Gasteiger partial charge in [-0.25, -0.2) is 8.78 Å². The van der Waals surface area contributed by atoms with E-state index in [9.17, 15) is 8.78 Å². The van der Waals surface area contributed by atoms with Crippen LogP contribution in [0.1, 0.15) is 0 Å². The Labute approximate surface area is 51.2 Å². The highest BCUT2D eigenvalue weighted by Crippen LogP contribution is 1.80. The molecule has 4 heteroatoms. The van der Waals surface area contributed by atoms with E-state index in [1.807, 2.05) is 0 Å². The van der Waals surface area contributed by atoms with Gasteiger partial charge in [-0.2, -0.15) is 0 Å². The molecular weight excluding hydrogens is 128 g/mol. The molecule has 0 saturated heterocycles. The van der Waals surface area contributed by atoms with Gasteiger partial charge in [0.15, 0.2) is 0 Å². The van der Waals surface area contributed by atoms with Gasteiger partial charge in [-0.15, -0.1) is 0 Å². The van der Waals surface area contributed by atoms with Crippen molar-refractivity contribution in [1.29, 1.82) is 0 Å². The first-order chi connectivity index (χ1) is 3.81. The quantitative estimate of drug-likeness (QED) is 0.475. The number of halogens is 2. The van der Waals surface area contributed by atoms with Crippen LogP contribution >= 0.6 is 0 Å². The Hall–Kier alpha value is 0.0369. The maximum Gasteiger partial charge on any atom is 0.101 e. The summed E-state index contributed by atoms with van der Waals surface area (Å²) in [6.45, 7) is 0.0826. The van der Waals surface area contributed by atoms with Crippen LogP contribution in [0.25, 0.3) is 0 Å². The van der Waals surface area contributed by atoms with E-state index in [0.29, 0.717) is 13.1 Å². The van der Waals surface area contributed by atoms with Crippen LogP contribution in [0.2, 0.25) is 0 Å². The van der Waals surface area contributed by atoms with Crippen molar-refractivity contribution in [2.75, 3.05) is 26.4 Å². The molecule has 50 valence electrons. The van der Waals surface area contributed by atoms with E-state index in [0.717, 1.165) is 10.4 Å².